The minimum Gasteiger partial charge on any atom is -0.383 e. The summed E-state index contributed by atoms with van der Waals surface area (Å²) in [5, 5.41) is 14.4. The molecule has 1 amide bonds. The second-order valence-electron chi connectivity index (χ2n) is 7.33. The van der Waals surface area contributed by atoms with Gasteiger partial charge in [-0.25, -0.2) is 0 Å². The van der Waals surface area contributed by atoms with Crippen molar-refractivity contribution in [3.8, 4) is 0 Å². The van der Waals surface area contributed by atoms with Crippen molar-refractivity contribution >= 4 is 17.3 Å². The highest BCUT2D eigenvalue weighted by Gasteiger charge is 2.25. The smallest absolute Gasteiger partial charge is 0.293 e. The average molecular weight is 397 g/mol. The number of anilines is 1. The van der Waals surface area contributed by atoms with Gasteiger partial charge in [0.1, 0.15) is 5.69 Å². The lowest BCUT2D eigenvalue weighted by atomic mass is 9.90. The van der Waals surface area contributed by atoms with Gasteiger partial charge in [0.15, 0.2) is 0 Å². The normalized spacial score (nSPS) is 14.6. The third kappa shape index (κ3) is 5.54. The monoisotopic (exact) mass is 397 g/mol. The molecule has 0 aromatic heterocycles. The molecule has 0 aliphatic carbocycles. The molecule has 1 saturated heterocycles. The van der Waals surface area contributed by atoms with E-state index in [1.165, 1.54) is 11.6 Å². The van der Waals surface area contributed by atoms with E-state index in [1.54, 1.807) is 24.1 Å². The first-order valence-corrected chi connectivity index (χ1v) is 9.93. The van der Waals surface area contributed by atoms with Crippen molar-refractivity contribution in [2.24, 2.45) is 5.92 Å². The number of likely N-dealkylation sites (tertiary alicyclic amines) is 1. The molecule has 7 heteroatoms. The van der Waals surface area contributed by atoms with Crippen LogP contribution in [-0.2, 0) is 11.2 Å². The van der Waals surface area contributed by atoms with E-state index in [4.69, 9.17) is 4.74 Å². The first-order chi connectivity index (χ1) is 14.1. The molecule has 0 saturated carbocycles. The molecule has 1 heterocycles. The Bertz CT molecular complexity index is 833. The van der Waals surface area contributed by atoms with Crippen molar-refractivity contribution in [1.82, 2.24) is 4.90 Å². The van der Waals surface area contributed by atoms with Gasteiger partial charge in [-0.05, 0) is 42.9 Å². The molecule has 0 atom stereocenters. The van der Waals surface area contributed by atoms with E-state index in [9.17, 15) is 14.9 Å². The molecule has 0 radical (unpaired) electrons. The number of amides is 1. The first-order valence-electron chi connectivity index (χ1n) is 9.93. The Labute approximate surface area is 170 Å². The summed E-state index contributed by atoms with van der Waals surface area (Å²) in [7, 11) is 1.57. The molecule has 0 unspecified atom stereocenters. The Morgan fingerprint density at radius 3 is 2.59 bits per heavy atom. The first kappa shape index (κ1) is 20.8. The van der Waals surface area contributed by atoms with Crippen LogP contribution < -0.4 is 5.32 Å². The summed E-state index contributed by atoms with van der Waals surface area (Å²) in [6.45, 7) is 2.26. The molecule has 1 fully saturated rings. The summed E-state index contributed by atoms with van der Waals surface area (Å²) < 4.78 is 4.96. The number of nitrogens with one attached hydrogen (secondary N) is 1. The highest BCUT2D eigenvalue weighted by Crippen LogP contribution is 2.28. The molecule has 7 nitrogen and oxygen atoms in total. The van der Waals surface area contributed by atoms with Crippen molar-refractivity contribution < 1.29 is 14.5 Å². The lowest BCUT2D eigenvalue weighted by molar-refractivity contribution is -0.384. The minimum atomic E-state index is -0.460. The van der Waals surface area contributed by atoms with Crippen LogP contribution in [0.1, 0.15) is 28.8 Å². The van der Waals surface area contributed by atoms with Crippen molar-refractivity contribution in [3.05, 3.63) is 69.8 Å². The maximum Gasteiger partial charge on any atom is 0.293 e. The molecular formula is C22H27N3O4. The number of nitrogens with zero attached hydrogens (tertiary/aromatic N) is 2. The highest BCUT2D eigenvalue weighted by molar-refractivity contribution is 5.95. The van der Waals surface area contributed by atoms with Crippen LogP contribution in [0.3, 0.4) is 0 Å². The summed E-state index contributed by atoms with van der Waals surface area (Å²) in [5.41, 5.74) is 1.98. The number of benzene rings is 2. The van der Waals surface area contributed by atoms with Gasteiger partial charge in [-0.15, -0.1) is 0 Å². The number of piperidine rings is 1. The Hall–Kier alpha value is -2.93. The third-order valence-corrected chi connectivity index (χ3v) is 5.33. The number of nitro benzene ring substituents is 1. The predicted molar refractivity (Wildman–Crippen MR) is 112 cm³/mol. The Kier molecular flexibility index (Phi) is 7.19. The van der Waals surface area contributed by atoms with E-state index in [1.807, 2.05) is 6.07 Å². The van der Waals surface area contributed by atoms with Crippen LogP contribution in [-0.4, -0.2) is 49.1 Å². The van der Waals surface area contributed by atoms with Crippen molar-refractivity contribution in [2.75, 3.05) is 38.7 Å². The molecular weight excluding hydrogens is 370 g/mol. The van der Waals surface area contributed by atoms with E-state index < -0.39 is 4.92 Å². The third-order valence-electron chi connectivity index (χ3n) is 5.33. The molecule has 1 N–H and O–H groups in total. The molecule has 0 spiro atoms. The fourth-order valence-corrected chi connectivity index (χ4v) is 3.72. The van der Waals surface area contributed by atoms with Gasteiger partial charge in [-0.2, -0.15) is 0 Å². The van der Waals surface area contributed by atoms with Crippen LogP contribution in [0.15, 0.2) is 48.5 Å². The predicted octanol–water partition coefficient (Wildman–Crippen LogP) is 3.75. The fraction of sp³-hybridized carbons (Fsp3) is 0.409. The van der Waals surface area contributed by atoms with E-state index >= 15 is 0 Å². The quantitative estimate of drug-likeness (QED) is 0.417. The topological polar surface area (TPSA) is 84.7 Å². The average Bonchev–Trinajstić information content (AvgIpc) is 2.75. The number of carbonyl (C=O) groups is 1. The minimum absolute atomic E-state index is 0.0917. The standard InChI is InChI=1S/C22H27N3O4/c1-29-14-11-23-20-8-7-19(16-21(20)25(27)28)22(26)24-12-9-18(10-13-24)15-17-5-3-2-4-6-17/h2-8,16,18,23H,9-15H2,1H3. The van der Waals surface area contributed by atoms with Crippen LogP contribution in [0.25, 0.3) is 0 Å². The number of hydrogen-bond donors (Lipinski definition) is 1. The van der Waals surface area contributed by atoms with Gasteiger partial charge in [-0.1, -0.05) is 30.3 Å². The van der Waals surface area contributed by atoms with Gasteiger partial charge in [0, 0.05) is 38.4 Å². The molecule has 3 rings (SSSR count). The van der Waals surface area contributed by atoms with Crippen molar-refractivity contribution in [1.29, 1.82) is 0 Å². The van der Waals surface area contributed by atoms with E-state index in [-0.39, 0.29) is 11.6 Å². The Morgan fingerprint density at radius 2 is 1.93 bits per heavy atom. The van der Waals surface area contributed by atoms with Crippen LogP contribution in [0, 0.1) is 16.0 Å². The number of methoxy groups -OCH3 is 1. The fourth-order valence-electron chi connectivity index (χ4n) is 3.72. The van der Waals surface area contributed by atoms with Gasteiger partial charge in [-0.3, -0.25) is 14.9 Å². The number of hydrogen-bond acceptors (Lipinski definition) is 5. The van der Waals surface area contributed by atoms with E-state index in [2.05, 4.69) is 29.6 Å². The van der Waals surface area contributed by atoms with Crippen LogP contribution in [0.2, 0.25) is 0 Å². The molecule has 1 aliphatic heterocycles. The zero-order valence-electron chi connectivity index (χ0n) is 16.7. The highest BCUT2D eigenvalue weighted by atomic mass is 16.6. The second-order valence-corrected chi connectivity index (χ2v) is 7.33. The van der Waals surface area contributed by atoms with Gasteiger partial charge in [0.25, 0.3) is 11.6 Å². The van der Waals surface area contributed by atoms with E-state index in [0.717, 1.165) is 19.3 Å². The maximum absolute atomic E-state index is 12.9. The molecule has 29 heavy (non-hydrogen) atoms. The SMILES string of the molecule is COCCNc1ccc(C(=O)N2CCC(Cc3ccccc3)CC2)cc1[N+](=O)[O-]. The summed E-state index contributed by atoms with van der Waals surface area (Å²) in [6, 6.07) is 15.0. The summed E-state index contributed by atoms with van der Waals surface area (Å²) in [4.78, 5) is 25.6. The van der Waals surface area contributed by atoms with Crippen LogP contribution in [0.5, 0.6) is 0 Å². The van der Waals surface area contributed by atoms with Gasteiger partial charge in [0.2, 0.25) is 0 Å². The lowest BCUT2D eigenvalue weighted by Crippen LogP contribution is -2.38. The molecule has 2 aromatic rings. The molecule has 154 valence electrons. The Morgan fingerprint density at radius 1 is 1.21 bits per heavy atom. The van der Waals surface area contributed by atoms with Gasteiger partial charge < -0.3 is 15.0 Å². The zero-order valence-corrected chi connectivity index (χ0v) is 16.7. The van der Waals surface area contributed by atoms with E-state index in [0.29, 0.717) is 43.4 Å². The summed E-state index contributed by atoms with van der Waals surface area (Å²) in [6.07, 6.45) is 2.91. The Balaban J connectivity index is 1.61. The number of nitro groups is 1. The van der Waals surface area contributed by atoms with Crippen LogP contribution in [0.4, 0.5) is 11.4 Å². The van der Waals surface area contributed by atoms with Crippen LogP contribution >= 0.6 is 0 Å². The maximum atomic E-state index is 12.9. The molecule has 1 aliphatic rings. The van der Waals surface area contributed by atoms with Gasteiger partial charge in [0.05, 0.1) is 11.5 Å². The van der Waals surface area contributed by atoms with Gasteiger partial charge >= 0.3 is 0 Å². The molecule has 2 aromatic carbocycles. The van der Waals surface area contributed by atoms with Crippen molar-refractivity contribution in [3.63, 3.8) is 0 Å². The largest absolute Gasteiger partial charge is 0.383 e. The molecule has 0 bridgehead atoms. The summed E-state index contributed by atoms with van der Waals surface area (Å²) in [5.74, 6) is 0.415. The summed E-state index contributed by atoms with van der Waals surface area (Å²) >= 11 is 0. The second kappa shape index (κ2) is 10.0. The van der Waals surface area contributed by atoms with Crippen molar-refractivity contribution in [2.45, 2.75) is 19.3 Å². The number of rotatable bonds is 8. The lowest BCUT2D eigenvalue weighted by Gasteiger charge is -2.32. The number of carbonyl (C=O) groups excluding carboxylic acids is 1. The zero-order chi connectivity index (χ0) is 20.6. The number of ether oxygens (including phenoxy) is 1.